The highest BCUT2D eigenvalue weighted by Gasteiger charge is 2.22. The van der Waals surface area contributed by atoms with Crippen LogP contribution in [0.25, 0.3) is 0 Å². The zero-order valence-corrected chi connectivity index (χ0v) is 14.0. The molecule has 0 heterocycles. The van der Waals surface area contributed by atoms with Crippen LogP contribution in [0.15, 0.2) is 60.7 Å². The Bertz CT molecular complexity index is 523. The highest BCUT2D eigenvalue weighted by atomic mass is 16.5. The van der Waals surface area contributed by atoms with Crippen molar-refractivity contribution in [2.24, 2.45) is 5.92 Å². The van der Waals surface area contributed by atoms with Crippen LogP contribution in [-0.4, -0.2) is 24.2 Å². The van der Waals surface area contributed by atoms with Gasteiger partial charge in [-0.2, -0.15) is 0 Å². The van der Waals surface area contributed by atoms with Gasteiger partial charge in [-0.25, -0.2) is 0 Å². The molecule has 0 spiro atoms. The molecule has 23 heavy (non-hydrogen) atoms. The molecule has 2 nitrogen and oxygen atoms in total. The maximum atomic E-state index is 6.03. The molecule has 1 aliphatic carbocycles. The quantitative estimate of drug-likeness (QED) is 0.676. The van der Waals surface area contributed by atoms with Gasteiger partial charge in [0.25, 0.3) is 0 Å². The summed E-state index contributed by atoms with van der Waals surface area (Å²) in [6.07, 6.45) is 2.98. The highest BCUT2D eigenvalue weighted by Crippen LogP contribution is 2.29. The van der Waals surface area contributed by atoms with E-state index in [4.69, 9.17) is 4.74 Å². The van der Waals surface area contributed by atoms with Crippen molar-refractivity contribution in [3.05, 3.63) is 71.8 Å². The van der Waals surface area contributed by atoms with Gasteiger partial charge in [0.2, 0.25) is 0 Å². The zero-order chi connectivity index (χ0) is 15.9. The fourth-order valence-corrected chi connectivity index (χ4v) is 2.87. The first-order chi connectivity index (χ1) is 11.3. The van der Waals surface area contributed by atoms with E-state index in [1.807, 2.05) is 0 Å². The van der Waals surface area contributed by atoms with Gasteiger partial charge in [-0.15, -0.1) is 0 Å². The third-order valence-corrected chi connectivity index (χ3v) is 4.33. The molecule has 0 bridgehead atoms. The molecular formula is C21H27NO. The van der Waals surface area contributed by atoms with E-state index in [1.165, 1.54) is 24.0 Å². The summed E-state index contributed by atoms with van der Waals surface area (Å²) in [5, 5.41) is 0. The van der Waals surface area contributed by atoms with Crippen molar-refractivity contribution in [1.29, 1.82) is 0 Å². The van der Waals surface area contributed by atoms with Crippen LogP contribution in [0.2, 0.25) is 0 Å². The largest absolute Gasteiger partial charge is 0.377 e. The first-order valence-electron chi connectivity index (χ1n) is 8.71. The van der Waals surface area contributed by atoms with Gasteiger partial charge in [0.15, 0.2) is 0 Å². The molecule has 3 rings (SSSR count). The standard InChI is InChI=1S/C21H27NO/c1-18(23-17-21-12-13-21)14-22(15-19-8-4-2-5-9-19)16-20-10-6-3-7-11-20/h2-11,18,21H,12-17H2,1H3/t18-/m1/s1. The molecule has 1 atom stereocenters. The average Bonchev–Trinajstić information content (AvgIpc) is 3.39. The first kappa shape index (κ1) is 16.2. The van der Waals surface area contributed by atoms with Crippen molar-refractivity contribution in [1.82, 2.24) is 4.90 Å². The van der Waals surface area contributed by atoms with Crippen LogP contribution >= 0.6 is 0 Å². The second-order valence-electron chi connectivity index (χ2n) is 6.73. The Hall–Kier alpha value is -1.64. The van der Waals surface area contributed by atoms with Crippen LogP contribution in [0.1, 0.15) is 30.9 Å². The number of rotatable bonds is 9. The minimum absolute atomic E-state index is 0.281. The average molecular weight is 309 g/mol. The molecule has 0 amide bonds. The lowest BCUT2D eigenvalue weighted by Crippen LogP contribution is -2.32. The van der Waals surface area contributed by atoms with Crippen LogP contribution in [0, 0.1) is 5.92 Å². The molecular weight excluding hydrogens is 282 g/mol. The molecule has 2 heteroatoms. The van der Waals surface area contributed by atoms with E-state index < -0.39 is 0 Å². The summed E-state index contributed by atoms with van der Waals surface area (Å²) < 4.78 is 6.03. The lowest BCUT2D eigenvalue weighted by molar-refractivity contribution is 0.0279. The molecule has 0 saturated heterocycles. The molecule has 2 aromatic rings. The number of ether oxygens (including phenoxy) is 1. The Labute approximate surface area is 140 Å². The van der Waals surface area contributed by atoms with E-state index in [0.717, 1.165) is 32.2 Å². The van der Waals surface area contributed by atoms with Crippen LogP contribution in [0.4, 0.5) is 0 Å². The van der Waals surface area contributed by atoms with Gasteiger partial charge in [-0.1, -0.05) is 60.7 Å². The first-order valence-corrected chi connectivity index (χ1v) is 8.71. The van der Waals surface area contributed by atoms with E-state index in [9.17, 15) is 0 Å². The Kier molecular flexibility index (Phi) is 5.84. The van der Waals surface area contributed by atoms with Crippen molar-refractivity contribution < 1.29 is 4.74 Å². The molecule has 0 unspecified atom stereocenters. The Morgan fingerprint density at radius 3 is 1.91 bits per heavy atom. The van der Waals surface area contributed by atoms with E-state index in [-0.39, 0.29) is 6.10 Å². The lowest BCUT2D eigenvalue weighted by atomic mass is 10.1. The van der Waals surface area contributed by atoms with Gasteiger partial charge >= 0.3 is 0 Å². The maximum absolute atomic E-state index is 6.03. The van der Waals surface area contributed by atoms with Crippen molar-refractivity contribution in [3.63, 3.8) is 0 Å². The summed E-state index contributed by atoms with van der Waals surface area (Å²) in [5.74, 6) is 0.828. The normalized spacial score (nSPS) is 15.7. The summed E-state index contributed by atoms with van der Waals surface area (Å²) in [5.41, 5.74) is 2.72. The SMILES string of the molecule is C[C@H](CN(Cc1ccccc1)Cc1ccccc1)OCC1CC1. The molecule has 0 aromatic heterocycles. The van der Waals surface area contributed by atoms with Gasteiger partial charge < -0.3 is 4.74 Å². The van der Waals surface area contributed by atoms with Crippen LogP contribution in [0.5, 0.6) is 0 Å². The number of hydrogen-bond acceptors (Lipinski definition) is 2. The number of nitrogens with zero attached hydrogens (tertiary/aromatic N) is 1. The molecule has 1 saturated carbocycles. The predicted molar refractivity (Wildman–Crippen MR) is 95.1 cm³/mol. The van der Waals surface area contributed by atoms with Crippen LogP contribution < -0.4 is 0 Å². The van der Waals surface area contributed by atoms with Crippen molar-refractivity contribution in [2.75, 3.05) is 13.2 Å². The third-order valence-electron chi connectivity index (χ3n) is 4.33. The van der Waals surface area contributed by atoms with Gasteiger partial charge in [0.05, 0.1) is 6.10 Å². The Morgan fingerprint density at radius 2 is 1.43 bits per heavy atom. The highest BCUT2D eigenvalue weighted by molar-refractivity contribution is 5.17. The minimum atomic E-state index is 0.281. The Morgan fingerprint density at radius 1 is 0.913 bits per heavy atom. The summed E-state index contributed by atoms with van der Waals surface area (Å²) in [4.78, 5) is 2.49. The van der Waals surface area contributed by atoms with E-state index >= 15 is 0 Å². The van der Waals surface area contributed by atoms with E-state index in [1.54, 1.807) is 0 Å². The summed E-state index contributed by atoms with van der Waals surface area (Å²) in [7, 11) is 0. The molecule has 0 N–H and O–H groups in total. The fourth-order valence-electron chi connectivity index (χ4n) is 2.87. The molecule has 2 aromatic carbocycles. The minimum Gasteiger partial charge on any atom is -0.377 e. The van der Waals surface area contributed by atoms with E-state index in [0.29, 0.717) is 0 Å². The topological polar surface area (TPSA) is 12.5 Å². The monoisotopic (exact) mass is 309 g/mol. The smallest absolute Gasteiger partial charge is 0.0674 e. The summed E-state index contributed by atoms with van der Waals surface area (Å²) in [6.45, 7) is 6.04. The molecule has 1 fully saturated rings. The van der Waals surface area contributed by atoms with Crippen molar-refractivity contribution >= 4 is 0 Å². The molecule has 122 valence electrons. The molecule has 0 aliphatic heterocycles. The van der Waals surface area contributed by atoms with E-state index in [2.05, 4.69) is 72.5 Å². The van der Waals surface area contributed by atoms with Gasteiger partial charge in [-0.3, -0.25) is 4.90 Å². The molecule has 0 radical (unpaired) electrons. The molecule has 1 aliphatic rings. The fraction of sp³-hybridized carbons (Fsp3) is 0.429. The Balaban J connectivity index is 1.59. The zero-order valence-electron chi connectivity index (χ0n) is 14.0. The lowest BCUT2D eigenvalue weighted by Gasteiger charge is -2.26. The van der Waals surface area contributed by atoms with Crippen molar-refractivity contribution in [2.45, 2.75) is 39.0 Å². The van der Waals surface area contributed by atoms with Gasteiger partial charge in [-0.05, 0) is 36.8 Å². The third kappa shape index (κ3) is 5.81. The summed E-state index contributed by atoms with van der Waals surface area (Å²) >= 11 is 0. The maximum Gasteiger partial charge on any atom is 0.0674 e. The number of benzene rings is 2. The van der Waals surface area contributed by atoms with Crippen LogP contribution in [-0.2, 0) is 17.8 Å². The summed E-state index contributed by atoms with van der Waals surface area (Å²) in [6, 6.07) is 21.4. The van der Waals surface area contributed by atoms with Gasteiger partial charge in [0, 0.05) is 26.2 Å². The van der Waals surface area contributed by atoms with Gasteiger partial charge in [0.1, 0.15) is 0 Å². The predicted octanol–water partition coefficient (Wildman–Crippen LogP) is 4.50. The number of hydrogen-bond donors (Lipinski definition) is 0. The second kappa shape index (κ2) is 8.28. The second-order valence-corrected chi connectivity index (χ2v) is 6.73. The van der Waals surface area contributed by atoms with Crippen molar-refractivity contribution in [3.8, 4) is 0 Å². The van der Waals surface area contributed by atoms with Crippen LogP contribution in [0.3, 0.4) is 0 Å².